The van der Waals surface area contributed by atoms with Gasteiger partial charge in [-0.25, -0.2) is 9.78 Å². The number of benzene rings is 2. The second-order valence-electron chi connectivity index (χ2n) is 10.0. The van der Waals surface area contributed by atoms with Gasteiger partial charge < -0.3 is 24.0 Å². The van der Waals surface area contributed by atoms with Crippen LogP contribution in [0.3, 0.4) is 0 Å². The van der Waals surface area contributed by atoms with Crippen molar-refractivity contribution in [1.82, 2.24) is 9.55 Å². The fraction of sp³-hybridized carbons (Fsp3) is 0.464. The molecular weight excluding hydrogens is 472 g/mol. The zero-order valence-corrected chi connectivity index (χ0v) is 21.8. The standard InChI is InChI=1S/C28H34N4O5/c1-17-5-14-22-23(31(17)28(35)37-4)15-16-24-25(22)29-27(30(2)19-10-12-21(36-3)13-11-19)32(24)20-8-6-18(7-9-20)26(33)34/h10-13,15-18,20H,5-9,14H2,1-4H3,(H,33,34). The van der Waals surface area contributed by atoms with Crippen LogP contribution in [0.4, 0.5) is 22.1 Å². The van der Waals surface area contributed by atoms with E-state index in [2.05, 4.69) is 9.47 Å². The van der Waals surface area contributed by atoms with Crippen molar-refractivity contribution in [1.29, 1.82) is 0 Å². The fourth-order valence-corrected chi connectivity index (χ4v) is 5.86. The van der Waals surface area contributed by atoms with Gasteiger partial charge in [-0.3, -0.25) is 9.69 Å². The Labute approximate surface area is 216 Å². The van der Waals surface area contributed by atoms with Crippen molar-refractivity contribution in [2.45, 2.75) is 57.5 Å². The van der Waals surface area contributed by atoms with Crippen LogP contribution in [-0.4, -0.2) is 54.0 Å². The number of anilines is 3. The first-order valence-corrected chi connectivity index (χ1v) is 12.9. The lowest BCUT2D eigenvalue weighted by atomic mass is 9.86. The minimum atomic E-state index is -0.712. The lowest BCUT2D eigenvalue weighted by Gasteiger charge is -2.34. The summed E-state index contributed by atoms with van der Waals surface area (Å²) in [7, 11) is 5.05. The summed E-state index contributed by atoms with van der Waals surface area (Å²) >= 11 is 0. The molecule has 1 fully saturated rings. The molecule has 0 radical (unpaired) electrons. The van der Waals surface area contributed by atoms with Crippen LogP contribution in [0, 0.1) is 5.92 Å². The quantitative estimate of drug-likeness (QED) is 0.485. The number of ether oxygens (including phenoxy) is 2. The molecule has 9 nitrogen and oxygen atoms in total. The van der Waals surface area contributed by atoms with Gasteiger partial charge in [-0.1, -0.05) is 0 Å². The second-order valence-corrected chi connectivity index (χ2v) is 10.0. The smallest absolute Gasteiger partial charge is 0.414 e. The van der Waals surface area contributed by atoms with Gasteiger partial charge >= 0.3 is 12.1 Å². The van der Waals surface area contributed by atoms with Gasteiger partial charge in [0.1, 0.15) is 5.75 Å². The lowest BCUT2D eigenvalue weighted by Crippen LogP contribution is -2.42. The summed E-state index contributed by atoms with van der Waals surface area (Å²) in [5.41, 5.74) is 4.75. The van der Waals surface area contributed by atoms with Crippen molar-refractivity contribution in [3.05, 3.63) is 42.0 Å². The number of amides is 1. The Morgan fingerprint density at radius 1 is 1.03 bits per heavy atom. The normalized spacial score (nSPS) is 21.4. The van der Waals surface area contributed by atoms with Crippen molar-refractivity contribution in [2.24, 2.45) is 5.92 Å². The molecule has 0 spiro atoms. The van der Waals surface area contributed by atoms with Gasteiger partial charge in [0.2, 0.25) is 5.95 Å². The first-order chi connectivity index (χ1) is 17.8. The summed E-state index contributed by atoms with van der Waals surface area (Å²) in [6, 6.07) is 12.1. The van der Waals surface area contributed by atoms with E-state index in [1.807, 2.05) is 50.4 Å². The van der Waals surface area contributed by atoms with Gasteiger partial charge in [-0.15, -0.1) is 0 Å². The maximum atomic E-state index is 12.6. The van der Waals surface area contributed by atoms with Gasteiger partial charge in [0, 0.05) is 30.4 Å². The van der Waals surface area contributed by atoms with Crippen LogP contribution in [0.15, 0.2) is 36.4 Å². The van der Waals surface area contributed by atoms with Gasteiger partial charge in [0.15, 0.2) is 0 Å². The zero-order valence-electron chi connectivity index (χ0n) is 21.8. The second kappa shape index (κ2) is 9.95. The summed E-state index contributed by atoms with van der Waals surface area (Å²) in [5, 5.41) is 9.52. The number of carbonyl (C=O) groups excluding carboxylic acids is 1. The molecule has 1 saturated carbocycles. The number of aliphatic carboxylic acids is 1. The van der Waals surface area contributed by atoms with Crippen LogP contribution in [0.25, 0.3) is 11.0 Å². The third-order valence-electron chi connectivity index (χ3n) is 7.98. The number of nitrogens with zero attached hydrogens (tertiary/aromatic N) is 4. The largest absolute Gasteiger partial charge is 0.497 e. The molecule has 3 aromatic rings. The molecular formula is C28H34N4O5. The molecule has 1 atom stereocenters. The lowest BCUT2D eigenvalue weighted by molar-refractivity contribution is -0.143. The summed E-state index contributed by atoms with van der Waals surface area (Å²) in [5.74, 6) is 0.576. The molecule has 5 rings (SSSR count). The third kappa shape index (κ3) is 4.36. The Morgan fingerprint density at radius 3 is 2.35 bits per heavy atom. The minimum absolute atomic E-state index is 0.0345. The minimum Gasteiger partial charge on any atom is -0.497 e. The maximum Gasteiger partial charge on any atom is 0.414 e. The molecule has 2 heterocycles. The third-order valence-corrected chi connectivity index (χ3v) is 7.98. The van der Waals surface area contributed by atoms with Crippen LogP contribution < -0.4 is 14.5 Å². The molecule has 2 aliphatic rings. The SMILES string of the molecule is COC(=O)N1c2ccc3c(nc(N(C)c4ccc(OC)cc4)n3C3CCC(C(=O)O)CC3)c2CCC1C. The van der Waals surface area contributed by atoms with Gasteiger partial charge in [0.05, 0.1) is 36.9 Å². The first-order valence-electron chi connectivity index (χ1n) is 12.9. The number of hydrogen-bond acceptors (Lipinski definition) is 6. The van der Waals surface area contributed by atoms with Crippen LogP contribution in [0.2, 0.25) is 0 Å². The van der Waals surface area contributed by atoms with E-state index < -0.39 is 5.97 Å². The molecule has 37 heavy (non-hydrogen) atoms. The summed E-state index contributed by atoms with van der Waals surface area (Å²) in [4.78, 5) is 33.2. The Bertz CT molecular complexity index is 1310. The zero-order chi connectivity index (χ0) is 26.3. The summed E-state index contributed by atoms with van der Waals surface area (Å²) < 4.78 is 12.7. The van der Waals surface area contributed by atoms with Crippen molar-refractivity contribution >= 4 is 40.4 Å². The number of imidazole rings is 1. The van der Waals surface area contributed by atoms with E-state index in [9.17, 15) is 14.7 Å². The summed E-state index contributed by atoms with van der Waals surface area (Å²) in [6.07, 6.45) is 4.10. The van der Waals surface area contributed by atoms with Crippen LogP contribution in [0.5, 0.6) is 5.75 Å². The van der Waals surface area contributed by atoms with Crippen LogP contribution in [0.1, 0.15) is 50.6 Å². The van der Waals surface area contributed by atoms with E-state index >= 15 is 0 Å². The number of carbonyl (C=O) groups is 2. The van der Waals surface area contributed by atoms with E-state index in [1.54, 1.807) is 12.0 Å². The molecule has 1 amide bonds. The van der Waals surface area contributed by atoms with E-state index in [0.717, 1.165) is 65.4 Å². The first kappa shape index (κ1) is 24.9. The fourth-order valence-electron chi connectivity index (χ4n) is 5.86. The van der Waals surface area contributed by atoms with Gasteiger partial charge in [-0.2, -0.15) is 0 Å². The molecule has 1 N–H and O–H groups in total. The maximum absolute atomic E-state index is 12.6. The highest BCUT2D eigenvalue weighted by atomic mass is 16.5. The number of rotatable bonds is 5. The molecule has 0 saturated heterocycles. The van der Waals surface area contributed by atoms with Crippen molar-refractivity contribution < 1.29 is 24.2 Å². The average molecular weight is 507 g/mol. The van der Waals surface area contributed by atoms with Gasteiger partial charge in [-0.05, 0) is 81.8 Å². The van der Waals surface area contributed by atoms with Crippen LogP contribution in [-0.2, 0) is 16.0 Å². The predicted octanol–water partition coefficient (Wildman–Crippen LogP) is 5.54. The number of aryl methyl sites for hydroxylation is 1. The van der Waals surface area contributed by atoms with Crippen molar-refractivity contribution in [2.75, 3.05) is 31.1 Å². The molecule has 1 aliphatic heterocycles. The highest BCUT2D eigenvalue weighted by molar-refractivity contribution is 5.96. The Balaban J connectivity index is 1.64. The van der Waals surface area contributed by atoms with Gasteiger partial charge in [0.25, 0.3) is 0 Å². The van der Waals surface area contributed by atoms with E-state index in [0.29, 0.717) is 12.8 Å². The number of carboxylic acids is 1. The molecule has 1 aliphatic carbocycles. The van der Waals surface area contributed by atoms with E-state index in [-0.39, 0.29) is 24.1 Å². The predicted molar refractivity (Wildman–Crippen MR) is 142 cm³/mol. The number of aromatic nitrogens is 2. The van der Waals surface area contributed by atoms with Crippen LogP contribution >= 0.6 is 0 Å². The molecule has 1 aromatic heterocycles. The highest BCUT2D eigenvalue weighted by Gasteiger charge is 2.34. The van der Waals surface area contributed by atoms with E-state index in [1.165, 1.54) is 7.11 Å². The monoisotopic (exact) mass is 506 g/mol. The summed E-state index contributed by atoms with van der Waals surface area (Å²) in [6.45, 7) is 2.03. The highest BCUT2D eigenvalue weighted by Crippen LogP contribution is 2.43. The van der Waals surface area contributed by atoms with E-state index in [4.69, 9.17) is 14.5 Å². The van der Waals surface area contributed by atoms with Crippen molar-refractivity contribution in [3.8, 4) is 5.75 Å². The molecule has 2 aromatic carbocycles. The Hall–Kier alpha value is -3.75. The number of hydrogen-bond donors (Lipinski definition) is 1. The Kier molecular flexibility index (Phi) is 6.70. The molecule has 0 bridgehead atoms. The van der Waals surface area contributed by atoms with Crippen molar-refractivity contribution in [3.63, 3.8) is 0 Å². The number of carboxylic acid groups (broad SMARTS) is 1. The Morgan fingerprint density at radius 2 is 1.73 bits per heavy atom. The molecule has 1 unspecified atom stereocenters. The molecule has 9 heteroatoms. The number of fused-ring (bicyclic) bond motifs is 3. The molecule has 196 valence electrons. The number of methoxy groups -OCH3 is 2. The topological polar surface area (TPSA) is 97.1 Å². The average Bonchev–Trinajstić information content (AvgIpc) is 3.32.